The summed E-state index contributed by atoms with van der Waals surface area (Å²) in [6, 6.07) is 4.66. The molecule has 0 unspecified atom stereocenters. The molecule has 0 nitrogen and oxygen atoms in total. The number of aryl methyl sites for hydroxylation is 2. The lowest BCUT2D eigenvalue weighted by molar-refractivity contribution is -0.137. The monoisotopic (exact) mass is 173 g/mol. The predicted octanol–water partition coefficient (Wildman–Crippen LogP) is 3.12. The molecule has 0 spiro atoms. The highest BCUT2D eigenvalue weighted by Gasteiger charge is 2.30. The normalized spacial score (nSPS) is 11.8. The van der Waals surface area contributed by atoms with Crippen molar-refractivity contribution in [2.24, 2.45) is 0 Å². The van der Waals surface area contributed by atoms with Crippen LogP contribution in [0.25, 0.3) is 0 Å². The Balaban J connectivity index is 3.14. The highest BCUT2D eigenvalue weighted by Crippen LogP contribution is 2.29. The summed E-state index contributed by atoms with van der Waals surface area (Å²) < 4.78 is 36.2. The highest BCUT2D eigenvalue weighted by atomic mass is 19.4. The van der Waals surface area contributed by atoms with Gasteiger partial charge in [-0.15, -0.1) is 0 Å². The van der Waals surface area contributed by atoms with Crippen molar-refractivity contribution in [1.29, 1.82) is 0 Å². The molecule has 0 fully saturated rings. The summed E-state index contributed by atoms with van der Waals surface area (Å²) >= 11 is 0. The Bertz CT molecular complexity index is 286. The molecule has 1 aromatic carbocycles. The quantitative estimate of drug-likeness (QED) is 0.565. The summed E-state index contributed by atoms with van der Waals surface area (Å²) in [5.74, 6) is 0. The molecule has 12 heavy (non-hydrogen) atoms. The van der Waals surface area contributed by atoms with Gasteiger partial charge in [0.25, 0.3) is 0 Å². The minimum absolute atomic E-state index is 0.640. The number of alkyl halides is 3. The molecule has 0 saturated carbocycles. The van der Waals surface area contributed by atoms with Gasteiger partial charge in [0, 0.05) is 0 Å². The van der Waals surface area contributed by atoms with Crippen molar-refractivity contribution < 1.29 is 13.2 Å². The first-order valence-electron chi connectivity index (χ1n) is 3.47. The molecule has 1 aromatic rings. The van der Waals surface area contributed by atoms with Crippen molar-refractivity contribution in [2.75, 3.05) is 0 Å². The summed E-state index contributed by atoms with van der Waals surface area (Å²) in [4.78, 5) is 0. The van der Waals surface area contributed by atoms with Gasteiger partial charge >= 0.3 is 6.18 Å². The minimum atomic E-state index is -4.28. The average molecular weight is 173 g/mol. The van der Waals surface area contributed by atoms with E-state index in [-0.39, 0.29) is 0 Å². The van der Waals surface area contributed by atoms with E-state index >= 15 is 0 Å². The minimum Gasteiger partial charge on any atom is -0.166 e. The largest absolute Gasteiger partial charge is 0.417 e. The zero-order chi connectivity index (χ0) is 9.35. The number of hydrogen-bond donors (Lipinski definition) is 0. The Morgan fingerprint density at radius 1 is 1.17 bits per heavy atom. The lowest BCUT2D eigenvalue weighted by Crippen LogP contribution is -2.05. The molecule has 0 aliphatic rings. The number of hydrogen-bond acceptors (Lipinski definition) is 0. The first-order chi connectivity index (χ1) is 5.41. The molecule has 1 rings (SSSR count). The Labute approximate surface area is 69.0 Å². The lowest BCUT2D eigenvalue weighted by Gasteiger charge is -2.07. The topological polar surface area (TPSA) is 0 Å². The Hall–Kier alpha value is -0.990. The van der Waals surface area contributed by atoms with Crippen molar-refractivity contribution in [2.45, 2.75) is 20.0 Å². The summed E-state index contributed by atoms with van der Waals surface area (Å²) in [6.07, 6.45) is -4.28. The second-order valence-corrected chi connectivity index (χ2v) is 2.71. The second-order valence-electron chi connectivity index (χ2n) is 2.71. The fourth-order valence-corrected chi connectivity index (χ4v) is 0.836. The van der Waals surface area contributed by atoms with Gasteiger partial charge in [-0.3, -0.25) is 0 Å². The van der Waals surface area contributed by atoms with E-state index in [9.17, 15) is 13.2 Å². The number of benzene rings is 1. The Morgan fingerprint density at radius 3 is 2.17 bits per heavy atom. The SMILES string of the molecule is Cc1c[c]c(C(F)(F)F)cc1C. The molecule has 0 atom stereocenters. The lowest BCUT2D eigenvalue weighted by atomic mass is 10.1. The van der Waals surface area contributed by atoms with Crippen LogP contribution in [0.2, 0.25) is 0 Å². The predicted molar refractivity (Wildman–Crippen MR) is 39.8 cm³/mol. The maximum atomic E-state index is 12.1. The van der Waals surface area contributed by atoms with Crippen molar-refractivity contribution >= 4 is 0 Å². The summed E-state index contributed by atoms with van der Waals surface area (Å²) in [6.45, 7) is 3.41. The van der Waals surface area contributed by atoms with Crippen molar-refractivity contribution in [3.8, 4) is 0 Å². The third-order valence-electron chi connectivity index (χ3n) is 1.73. The molecule has 0 N–H and O–H groups in total. The van der Waals surface area contributed by atoms with Crippen molar-refractivity contribution in [3.05, 3.63) is 34.9 Å². The van der Waals surface area contributed by atoms with E-state index < -0.39 is 11.7 Å². The van der Waals surface area contributed by atoms with Crippen molar-refractivity contribution in [3.63, 3.8) is 0 Å². The molecule has 0 amide bonds. The van der Waals surface area contributed by atoms with Crippen LogP contribution in [0.4, 0.5) is 13.2 Å². The van der Waals surface area contributed by atoms with E-state index in [1.165, 1.54) is 6.07 Å². The second kappa shape index (κ2) is 2.81. The molecule has 3 heteroatoms. The Kier molecular flexibility index (Phi) is 2.13. The molecule has 0 bridgehead atoms. The van der Waals surface area contributed by atoms with E-state index in [2.05, 4.69) is 6.07 Å². The fourth-order valence-electron chi connectivity index (χ4n) is 0.836. The molecular formula is C9H8F3. The Morgan fingerprint density at radius 2 is 1.75 bits per heavy atom. The van der Waals surface area contributed by atoms with Crippen LogP contribution in [-0.2, 0) is 6.18 Å². The summed E-state index contributed by atoms with van der Waals surface area (Å²) in [5, 5.41) is 0. The molecule has 0 aliphatic heterocycles. The highest BCUT2D eigenvalue weighted by molar-refractivity contribution is 5.30. The molecule has 1 radical (unpaired) electrons. The average Bonchev–Trinajstić information content (AvgIpc) is 1.92. The summed E-state index contributed by atoms with van der Waals surface area (Å²) in [5.41, 5.74) is 0.759. The fraction of sp³-hybridized carbons (Fsp3) is 0.333. The van der Waals surface area contributed by atoms with Gasteiger partial charge in [-0.05, 0) is 37.1 Å². The van der Waals surface area contributed by atoms with Gasteiger partial charge < -0.3 is 0 Å². The standard InChI is InChI=1S/C9H8F3/c1-6-3-4-8(5-7(6)2)9(10,11)12/h3,5H,1-2H3. The van der Waals surface area contributed by atoms with Gasteiger partial charge in [0.2, 0.25) is 0 Å². The van der Waals surface area contributed by atoms with Crippen molar-refractivity contribution in [1.82, 2.24) is 0 Å². The third kappa shape index (κ3) is 1.78. The number of rotatable bonds is 0. The van der Waals surface area contributed by atoms with Gasteiger partial charge in [-0.1, -0.05) is 6.07 Å². The van der Waals surface area contributed by atoms with Crippen LogP contribution in [0, 0.1) is 19.9 Å². The van der Waals surface area contributed by atoms with E-state index in [4.69, 9.17) is 0 Å². The van der Waals surface area contributed by atoms with Crippen LogP contribution in [-0.4, -0.2) is 0 Å². The zero-order valence-electron chi connectivity index (χ0n) is 6.79. The zero-order valence-corrected chi connectivity index (χ0v) is 6.79. The first kappa shape index (κ1) is 9.10. The van der Waals surface area contributed by atoms with E-state index in [1.807, 2.05) is 0 Å². The van der Waals surface area contributed by atoms with Crippen LogP contribution in [0.5, 0.6) is 0 Å². The van der Waals surface area contributed by atoms with Gasteiger partial charge in [-0.25, -0.2) is 0 Å². The third-order valence-corrected chi connectivity index (χ3v) is 1.73. The molecular weight excluding hydrogens is 165 g/mol. The molecule has 0 saturated heterocycles. The van der Waals surface area contributed by atoms with Crippen LogP contribution in [0.3, 0.4) is 0 Å². The van der Waals surface area contributed by atoms with Crippen LogP contribution in [0.1, 0.15) is 16.7 Å². The molecule has 0 heterocycles. The maximum Gasteiger partial charge on any atom is 0.417 e. The van der Waals surface area contributed by atoms with E-state index in [0.717, 1.165) is 11.6 Å². The van der Waals surface area contributed by atoms with E-state index in [1.54, 1.807) is 13.8 Å². The van der Waals surface area contributed by atoms with Crippen LogP contribution >= 0.6 is 0 Å². The van der Waals surface area contributed by atoms with Gasteiger partial charge in [-0.2, -0.15) is 13.2 Å². The van der Waals surface area contributed by atoms with Gasteiger partial charge in [0.15, 0.2) is 0 Å². The molecule has 0 aromatic heterocycles. The van der Waals surface area contributed by atoms with E-state index in [0.29, 0.717) is 5.56 Å². The smallest absolute Gasteiger partial charge is 0.166 e. The van der Waals surface area contributed by atoms with Gasteiger partial charge in [0.05, 0.1) is 5.56 Å². The summed E-state index contributed by atoms with van der Waals surface area (Å²) in [7, 11) is 0. The van der Waals surface area contributed by atoms with Gasteiger partial charge in [0.1, 0.15) is 0 Å². The first-order valence-corrected chi connectivity index (χ1v) is 3.47. The number of halogens is 3. The maximum absolute atomic E-state index is 12.1. The molecule has 65 valence electrons. The van der Waals surface area contributed by atoms with Crippen LogP contribution < -0.4 is 0 Å². The van der Waals surface area contributed by atoms with Crippen LogP contribution in [0.15, 0.2) is 12.1 Å². The molecule has 0 aliphatic carbocycles.